The van der Waals surface area contributed by atoms with Crippen LogP contribution in [0.3, 0.4) is 0 Å². The number of aromatic nitrogens is 1. The number of hydrogen-bond donors (Lipinski definition) is 0. The van der Waals surface area contributed by atoms with Gasteiger partial charge in [-0.25, -0.2) is 4.39 Å². The van der Waals surface area contributed by atoms with E-state index in [2.05, 4.69) is 0 Å². The summed E-state index contributed by atoms with van der Waals surface area (Å²) in [5, 5.41) is 12.2. The molecule has 6 heteroatoms. The molecule has 0 aliphatic rings. The number of nitrogens with zero attached hydrogens (tertiary/aromatic N) is 2. The quantitative estimate of drug-likeness (QED) is 0.532. The molecule has 0 amide bonds. The zero-order valence-corrected chi connectivity index (χ0v) is 11.5. The molecule has 0 bridgehead atoms. The molecule has 21 heavy (non-hydrogen) atoms. The Morgan fingerprint density at radius 1 is 1.24 bits per heavy atom. The van der Waals surface area contributed by atoms with E-state index in [-0.39, 0.29) is 12.2 Å². The van der Waals surface area contributed by atoms with E-state index in [9.17, 15) is 14.5 Å². The first-order valence-electron chi connectivity index (χ1n) is 6.22. The summed E-state index contributed by atoms with van der Waals surface area (Å²) >= 11 is 5.72. The minimum absolute atomic E-state index is 0.00636. The second-order valence-corrected chi connectivity index (χ2v) is 5.09. The van der Waals surface area contributed by atoms with E-state index in [0.29, 0.717) is 16.1 Å². The molecule has 0 atom stereocenters. The zero-order chi connectivity index (χ0) is 15.0. The van der Waals surface area contributed by atoms with Gasteiger partial charge in [-0.05, 0) is 18.2 Å². The third-order valence-electron chi connectivity index (χ3n) is 3.32. The van der Waals surface area contributed by atoms with E-state index >= 15 is 0 Å². The monoisotopic (exact) mass is 304 g/mol. The van der Waals surface area contributed by atoms with Gasteiger partial charge in [0.2, 0.25) is 0 Å². The van der Waals surface area contributed by atoms with Gasteiger partial charge in [-0.3, -0.25) is 10.1 Å². The first-order valence-corrected chi connectivity index (χ1v) is 6.60. The topological polar surface area (TPSA) is 48.1 Å². The van der Waals surface area contributed by atoms with Crippen LogP contribution in [0.25, 0.3) is 10.9 Å². The molecule has 1 heterocycles. The predicted molar refractivity (Wildman–Crippen MR) is 79.1 cm³/mol. The molecule has 0 N–H and O–H groups in total. The normalized spacial score (nSPS) is 11.0. The average molecular weight is 305 g/mol. The predicted octanol–water partition coefficient (Wildman–Crippen LogP) is 4.39. The lowest BCUT2D eigenvalue weighted by Crippen LogP contribution is -2.02. The molecule has 4 nitrogen and oxygen atoms in total. The number of fused-ring (bicyclic) bond motifs is 1. The maximum Gasteiger partial charge on any atom is 0.293 e. The molecular formula is C15H10ClFN2O2. The summed E-state index contributed by atoms with van der Waals surface area (Å²) in [7, 11) is 0. The Labute approximate surface area is 124 Å². The number of benzene rings is 2. The van der Waals surface area contributed by atoms with Crippen LogP contribution in [0.1, 0.15) is 5.56 Å². The van der Waals surface area contributed by atoms with Crippen molar-refractivity contribution in [2.45, 2.75) is 6.54 Å². The second-order valence-electron chi connectivity index (χ2n) is 4.65. The molecule has 0 saturated carbocycles. The Morgan fingerprint density at radius 2 is 2.05 bits per heavy atom. The standard InChI is InChI=1S/C15H10ClFN2O2/c16-12-5-4-11(13(17)8-12)9-18-7-6-10-2-1-3-14(15(10)18)19(20)21/h1-8H,9H2. The van der Waals surface area contributed by atoms with Crippen molar-refractivity contribution in [3.05, 3.63) is 75.2 Å². The third-order valence-corrected chi connectivity index (χ3v) is 3.55. The molecule has 0 unspecified atom stereocenters. The molecule has 106 valence electrons. The number of rotatable bonds is 3. The van der Waals surface area contributed by atoms with Gasteiger partial charge in [0.15, 0.2) is 0 Å². The van der Waals surface area contributed by atoms with Crippen LogP contribution in [-0.4, -0.2) is 9.49 Å². The lowest BCUT2D eigenvalue weighted by molar-refractivity contribution is -0.383. The van der Waals surface area contributed by atoms with Gasteiger partial charge in [0.1, 0.15) is 11.3 Å². The minimum Gasteiger partial charge on any atom is -0.337 e. The molecular weight excluding hydrogens is 295 g/mol. The van der Waals surface area contributed by atoms with E-state index in [1.54, 1.807) is 41.1 Å². The summed E-state index contributed by atoms with van der Waals surface area (Å²) in [6, 6.07) is 11.0. The number of nitro groups is 1. The molecule has 0 aliphatic carbocycles. The van der Waals surface area contributed by atoms with Crippen molar-refractivity contribution >= 4 is 28.2 Å². The van der Waals surface area contributed by atoms with E-state index in [1.807, 2.05) is 0 Å². The Morgan fingerprint density at radius 3 is 2.76 bits per heavy atom. The maximum atomic E-state index is 13.9. The molecule has 3 aromatic rings. The van der Waals surface area contributed by atoms with Crippen molar-refractivity contribution in [2.75, 3.05) is 0 Å². The van der Waals surface area contributed by atoms with Crippen molar-refractivity contribution in [3.63, 3.8) is 0 Å². The number of para-hydroxylation sites is 1. The van der Waals surface area contributed by atoms with Crippen molar-refractivity contribution in [2.24, 2.45) is 0 Å². The fourth-order valence-electron chi connectivity index (χ4n) is 2.35. The molecule has 0 spiro atoms. The van der Waals surface area contributed by atoms with E-state index in [1.165, 1.54) is 12.1 Å². The summed E-state index contributed by atoms with van der Waals surface area (Å²) in [6.45, 7) is 0.206. The molecule has 2 aromatic carbocycles. The molecule has 0 aliphatic heterocycles. The van der Waals surface area contributed by atoms with Crippen LogP contribution in [-0.2, 0) is 6.54 Å². The summed E-state index contributed by atoms with van der Waals surface area (Å²) in [6.07, 6.45) is 1.71. The minimum atomic E-state index is -0.433. The van der Waals surface area contributed by atoms with Crippen molar-refractivity contribution < 1.29 is 9.31 Å². The third kappa shape index (κ3) is 2.48. The Balaban J connectivity index is 2.11. The SMILES string of the molecule is O=[N+]([O-])c1cccc2ccn(Cc3ccc(Cl)cc3F)c12. The van der Waals surface area contributed by atoms with Crippen molar-refractivity contribution in [1.29, 1.82) is 0 Å². The first kappa shape index (κ1) is 13.6. The number of nitro benzene ring substituents is 1. The van der Waals surface area contributed by atoms with E-state index in [0.717, 1.165) is 5.39 Å². The molecule has 1 aromatic heterocycles. The van der Waals surface area contributed by atoms with Gasteiger partial charge in [-0.2, -0.15) is 0 Å². The van der Waals surface area contributed by atoms with Gasteiger partial charge >= 0.3 is 0 Å². The van der Waals surface area contributed by atoms with Crippen LogP contribution in [0.2, 0.25) is 5.02 Å². The highest BCUT2D eigenvalue weighted by Gasteiger charge is 2.16. The van der Waals surface area contributed by atoms with Crippen LogP contribution in [0, 0.1) is 15.9 Å². The number of hydrogen-bond acceptors (Lipinski definition) is 2. The fraction of sp³-hybridized carbons (Fsp3) is 0.0667. The molecule has 0 radical (unpaired) electrons. The summed E-state index contributed by atoms with van der Waals surface area (Å²) in [5.41, 5.74) is 0.916. The van der Waals surface area contributed by atoms with Gasteiger partial charge in [-0.15, -0.1) is 0 Å². The van der Waals surface area contributed by atoms with Gasteiger partial charge in [-0.1, -0.05) is 29.8 Å². The Hall–Kier alpha value is -2.40. The summed E-state index contributed by atoms with van der Waals surface area (Å²) < 4.78 is 15.5. The van der Waals surface area contributed by atoms with Crippen LogP contribution in [0.4, 0.5) is 10.1 Å². The first-order chi connectivity index (χ1) is 10.1. The van der Waals surface area contributed by atoms with Crippen LogP contribution in [0.5, 0.6) is 0 Å². The maximum absolute atomic E-state index is 13.9. The van der Waals surface area contributed by atoms with Crippen LogP contribution >= 0.6 is 11.6 Å². The van der Waals surface area contributed by atoms with E-state index < -0.39 is 10.7 Å². The molecule has 3 rings (SSSR count). The van der Waals surface area contributed by atoms with Gasteiger partial charge in [0.05, 0.1) is 11.5 Å². The fourth-order valence-corrected chi connectivity index (χ4v) is 2.51. The molecule has 0 saturated heterocycles. The molecule has 0 fully saturated rings. The smallest absolute Gasteiger partial charge is 0.293 e. The number of non-ortho nitro benzene ring substituents is 1. The average Bonchev–Trinajstić information content (AvgIpc) is 2.85. The highest BCUT2D eigenvalue weighted by Crippen LogP contribution is 2.27. The second kappa shape index (κ2) is 5.18. The summed E-state index contributed by atoms with van der Waals surface area (Å²) in [5.74, 6) is -0.428. The largest absolute Gasteiger partial charge is 0.337 e. The van der Waals surface area contributed by atoms with Crippen molar-refractivity contribution in [3.8, 4) is 0 Å². The number of halogens is 2. The van der Waals surface area contributed by atoms with Crippen LogP contribution < -0.4 is 0 Å². The van der Waals surface area contributed by atoms with Crippen molar-refractivity contribution in [1.82, 2.24) is 4.57 Å². The van der Waals surface area contributed by atoms with E-state index in [4.69, 9.17) is 11.6 Å². The zero-order valence-electron chi connectivity index (χ0n) is 10.8. The lowest BCUT2D eigenvalue weighted by atomic mass is 10.2. The Kier molecular flexibility index (Phi) is 3.35. The van der Waals surface area contributed by atoms with Gasteiger partial charge < -0.3 is 4.57 Å². The Bertz CT molecular complexity index is 845. The highest BCUT2D eigenvalue weighted by molar-refractivity contribution is 6.30. The van der Waals surface area contributed by atoms with Crippen LogP contribution in [0.15, 0.2) is 48.7 Å². The highest BCUT2D eigenvalue weighted by atomic mass is 35.5. The van der Waals surface area contributed by atoms with Gasteiger partial charge in [0, 0.05) is 28.2 Å². The lowest BCUT2D eigenvalue weighted by Gasteiger charge is -2.07. The van der Waals surface area contributed by atoms with Gasteiger partial charge in [0.25, 0.3) is 5.69 Å². The summed E-state index contributed by atoms with van der Waals surface area (Å²) in [4.78, 5) is 10.7.